The maximum absolute atomic E-state index is 12.5. The van der Waals surface area contributed by atoms with Crippen molar-refractivity contribution in [2.45, 2.75) is 6.92 Å². The number of hydrogen-bond donors (Lipinski definition) is 1. The average Bonchev–Trinajstić information content (AvgIpc) is 3.00. The predicted octanol–water partition coefficient (Wildman–Crippen LogP) is 4.14. The molecule has 0 aliphatic rings. The monoisotopic (exact) mass is 376 g/mol. The van der Waals surface area contributed by atoms with Crippen molar-refractivity contribution in [1.29, 1.82) is 0 Å². The van der Waals surface area contributed by atoms with E-state index in [-0.39, 0.29) is 5.69 Å². The van der Waals surface area contributed by atoms with Crippen LogP contribution in [0.15, 0.2) is 42.5 Å². The van der Waals surface area contributed by atoms with Gasteiger partial charge in [0.15, 0.2) is 5.69 Å². The summed E-state index contributed by atoms with van der Waals surface area (Å²) in [6, 6.07) is 12.1. The molecule has 8 heteroatoms. The summed E-state index contributed by atoms with van der Waals surface area (Å²) in [5, 5.41) is 11.6. The largest absolute Gasteiger partial charge is 0.497 e. The van der Waals surface area contributed by atoms with Crippen molar-refractivity contribution < 1.29 is 9.53 Å². The SMILES string of the molecule is COc1ccc(-n2nnc(C(=O)Nc3cc(Cl)ccc3Cl)c2C)cc1. The van der Waals surface area contributed by atoms with Gasteiger partial charge in [0.05, 0.1) is 29.2 Å². The van der Waals surface area contributed by atoms with Crippen molar-refractivity contribution in [3.05, 3.63) is 63.9 Å². The lowest BCUT2D eigenvalue weighted by Gasteiger charge is -2.07. The lowest BCUT2D eigenvalue weighted by atomic mass is 10.2. The zero-order chi connectivity index (χ0) is 18.0. The number of rotatable bonds is 4. The molecule has 0 radical (unpaired) electrons. The molecule has 0 atom stereocenters. The van der Waals surface area contributed by atoms with Gasteiger partial charge in [0, 0.05) is 5.02 Å². The van der Waals surface area contributed by atoms with E-state index in [1.807, 2.05) is 24.3 Å². The summed E-state index contributed by atoms with van der Waals surface area (Å²) < 4.78 is 6.71. The molecule has 0 fully saturated rings. The van der Waals surface area contributed by atoms with Crippen LogP contribution in [0.1, 0.15) is 16.2 Å². The van der Waals surface area contributed by atoms with Gasteiger partial charge in [0.25, 0.3) is 5.91 Å². The molecule has 1 N–H and O–H groups in total. The maximum atomic E-state index is 12.5. The Hall–Kier alpha value is -2.57. The van der Waals surface area contributed by atoms with E-state index in [2.05, 4.69) is 15.6 Å². The molecule has 1 amide bonds. The molecule has 0 saturated heterocycles. The summed E-state index contributed by atoms with van der Waals surface area (Å²) in [5.74, 6) is 0.316. The van der Waals surface area contributed by atoms with Crippen LogP contribution < -0.4 is 10.1 Å². The number of aromatic nitrogens is 3. The van der Waals surface area contributed by atoms with Crippen LogP contribution in [-0.4, -0.2) is 28.0 Å². The summed E-state index contributed by atoms with van der Waals surface area (Å²) >= 11 is 12.0. The molecule has 0 saturated carbocycles. The Balaban J connectivity index is 1.87. The zero-order valence-corrected chi connectivity index (χ0v) is 15.0. The number of ether oxygens (including phenoxy) is 1. The molecule has 3 aromatic rings. The molecule has 0 spiro atoms. The van der Waals surface area contributed by atoms with E-state index in [4.69, 9.17) is 27.9 Å². The Morgan fingerprint density at radius 2 is 1.88 bits per heavy atom. The maximum Gasteiger partial charge on any atom is 0.278 e. The van der Waals surface area contributed by atoms with Crippen LogP contribution in [0.25, 0.3) is 5.69 Å². The fourth-order valence-corrected chi connectivity index (χ4v) is 2.62. The van der Waals surface area contributed by atoms with Crippen molar-refractivity contribution in [2.75, 3.05) is 12.4 Å². The normalized spacial score (nSPS) is 10.6. The lowest BCUT2D eigenvalue weighted by Crippen LogP contribution is -2.14. The van der Waals surface area contributed by atoms with Gasteiger partial charge in [-0.2, -0.15) is 0 Å². The third kappa shape index (κ3) is 3.60. The standard InChI is InChI=1S/C17H14Cl2N4O2/c1-10-16(17(24)20-15-9-11(18)3-8-14(15)19)21-22-23(10)12-4-6-13(25-2)7-5-12/h3-9H,1-2H3,(H,20,24). The number of methoxy groups -OCH3 is 1. The highest BCUT2D eigenvalue weighted by molar-refractivity contribution is 6.35. The summed E-state index contributed by atoms with van der Waals surface area (Å²) in [6.07, 6.45) is 0. The summed E-state index contributed by atoms with van der Waals surface area (Å²) in [7, 11) is 1.60. The third-order valence-electron chi connectivity index (χ3n) is 3.60. The Morgan fingerprint density at radius 1 is 1.16 bits per heavy atom. The zero-order valence-electron chi connectivity index (χ0n) is 13.5. The molecule has 0 aliphatic carbocycles. The van der Waals surface area contributed by atoms with Gasteiger partial charge in [-0.15, -0.1) is 5.10 Å². The van der Waals surface area contributed by atoms with E-state index in [0.717, 1.165) is 11.4 Å². The van der Waals surface area contributed by atoms with E-state index >= 15 is 0 Å². The average molecular weight is 377 g/mol. The van der Waals surface area contributed by atoms with Crippen molar-refractivity contribution in [1.82, 2.24) is 15.0 Å². The number of nitrogens with zero attached hydrogens (tertiary/aromatic N) is 3. The van der Waals surface area contributed by atoms with Crippen molar-refractivity contribution in [2.24, 2.45) is 0 Å². The van der Waals surface area contributed by atoms with Gasteiger partial charge in [-0.25, -0.2) is 4.68 Å². The molecule has 128 valence electrons. The van der Waals surface area contributed by atoms with Crippen LogP contribution in [0, 0.1) is 6.92 Å². The van der Waals surface area contributed by atoms with Gasteiger partial charge in [-0.3, -0.25) is 4.79 Å². The summed E-state index contributed by atoms with van der Waals surface area (Å²) in [6.45, 7) is 1.76. The van der Waals surface area contributed by atoms with Crippen LogP contribution in [0.4, 0.5) is 5.69 Å². The Labute approximate surface area is 154 Å². The highest BCUT2D eigenvalue weighted by Crippen LogP contribution is 2.26. The Morgan fingerprint density at radius 3 is 2.56 bits per heavy atom. The van der Waals surface area contributed by atoms with E-state index < -0.39 is 5.91 Å². The van der Waals surface area contributed by atoms with Crippen LogP contribution in [-0.2, 0) is 0 Å². The minimum Gasteiger partial charge on any atom is -0.497 e. The van der Waals surface area contributed by atoms with E-state index in [9.17, 15) is 4.79 Å². The first-order valence-electron chi connectivity index (χ1n) is 7.32. The van der Waals surface area contributed by atoms with Gasteiger partial charge in [-0.05, 0) is 49.4 Å². The number of nitrogens with one attached hydrogen (secondary N) is 1. The van der Waals surface area contributed by atoms with E-state index in [0.29, 0.717) is 21.4 Å². The fraction of sp³-hybridized carbons (Fsp3) is 0.118. The number of hydrogen-bond acceptors (Lipinski definition) is 4. The molecule has 2 aromatic carbocycles. The Bertz CT molecular complexity index is 923. The van der Waals surface area contributed by atoms with Gasteiger partial charge in [0.2, 0.25) is 0 Å². The highest BCUT2D eigenvalue weighted by Gasteiger charge is 2.18. The molecule has 3 rings (SSSR count). The lowest BCUT2D eigenvalue weighted by molar-refractivity contribution is 0.102. The number of benzene rings is 2. The molecule has 1 aromatic heterocycles. The summed E-state index contributed by atoms with van der Waals surface area (Å²) in [5.41, 5.74) is 1.98. The third-order valence-corrected chi connectivity index (χ3v) is 4.17. The second-order valence-electron chi connectivity index (χ2n) is 5.21. The Kier molecular flexibility index (Phi) is 4.92. The molecular weight excluding hydrogens is 363 g/mol. The molecule has 1 heterocycles. The smallest absolute Gasteiger partial charge is 0.278 e. The molecular formula is C17H14Cl2N4O2. The van der Waals surface area contributed by atoms with Gasteiger partial charge < -0.3 is 10.1 Å². The van der Waals surface area contributed by atoms with E-state index in [1.165, 1.54) is 0 Å². The summed E-state index contributed by atoms with van der Waals surface area (Å²) in [4.78, 5) is 12.5. The van der Waals surface area contributed by atoms with Crippen LogP contribution in [0.3, 0.4) is 0 Å². The first kappa shape index (κ1) is 17.3. The number of halogens is 2. The number of anilines is 1. The quantitative estimate of drug-likeness (QED) is 0.742. The molecule has 6 nitrogen and oxygen atoms in total. The minimum atomic E-state index is -0.415. The van der Waals surface area contributed by atoms with Crippen LogP contribution >= 0.6 is 23.2 Å². The molecule has 0 aliphatic heterocycles. The van der Waals surface area contributed by atoms with Gasteiger partial charge >= 0.3 is 0 Å². The number of carbonyl (C=O) groups is 1. The van der Waals surface area contributed by atoms with Gasteiger partial charge in [-0.1, -0.05) is 28.4 Å². The van der Waals surface area contributed by atoms with Crippen LogP contribution in [0.2, 0.25) is 10.0 Å². The number of carbonyl (C=O) groups excluding carboxylic acids is 1. The predicted molar refractivity (Wildman–Crippen MR) is 97.1 cm³/mol. The minimum absolute atomic E-state index is 0.201. The van der Waals surface area contributed by atoms with Crippen molar-refractivity contribution >= 4 is 34.8 Å². The number of amides is 1. The van der Waals surface area contributed by atoms with Crippen molar-refractivity contribution in [3.8, 4) is 11.4 Å². The van der Waals surface area contributed by atoms with E-state index in [1.54, 1.807) is 36.9 Å². The van der Waals surface area contributed by atoms with Crippen LogP contribution in [0.5, 0.6) is 5.75 Å². The topological polar surface area (TPSA) is 69.0 Å². The van der Waals surface area contributed by atoms with Crippen molar-refractivity contribution in [3.63, 3.8) is 0 Å². The van der Waals surface area contributed by atoms with Gasteiger partial charge in [0.1, 0.15) is 5.75 Å². The second-order valence-corrected chi connectivity index (χ2v) is 6.06. The molecule has 0 bridgehead atoms. The molecule has 0 unspecified atom stereocenters. The highest BCUT2D eigenvalue weighted by atomic mass is 35.5. The first-order chi connectivity index (χ1) is 12.0. The fourth-order valence-electron chi connectivity index (χ4n) is 2.28. The molecule has 25 heavy (non-hydrogen) atoms. The second kappa shape index (κ2) is 7.13. The first-order valence-corrected chi connectivity index (χ1v) is 8.08.